The van der Waals surface area contributed by atoms with Crippen LogP contribution in [0.4, 0.5) is 22.0 Å². The number of aliphatic carboxylic acids is 1. The summed E-state index contributed by atoms with van der Waals surface area (Å²) in [4.78, 5) is 10.3. The summed E-state index contributed by atoms with van der Waals surface area (Å²) in [6.45, 7) is 0.814. The van der Waals surface area contributed by atoms with Gasteiger partial charge in [-0.25, -0.2) is 4.79 Å². The third-order valence-corrected chi connectivity index (χ3v) is 2.25. The Morgan fingerprint density at radius 3 is 2.00 bits per heavy atom. The number of alkyl halides is 5. The van der Waals surface area contributed by atoms with Gasteiger partial charge in [0.1, 0.15) is 0 Å². The summed E-state index contributed by atoms with van der Waals surface area (Å²) in [5, 5.41) is 8.28. The highest BCUT2D eigenvalue weighted by Gasteiger charge is 2.44. The van der Waals surface area contributed by atoms with Crippen molar-refractivity contribution in [1.82, 2.24) is 0 Å². The summed E-state index contributed by atoms with van der Waals surface area (Å²) in [6.07, 6.45) is -4.80. The Morgan fingerprint density at radius 1 is 1.12 bits per heavy atom. The number of carboxylic acids is 1. The molecule has 94 valence electrons. The molecule has 0 spiro atoms. The molecule has 17 heavy (non-hydrogen) atoms. The van der Waals surface area contributed by atoms with Crippen molar-refractivity contribution in [1.29, 1.82) is 0 Å². The highest BCUT2D eigenvalue weighted by atomic mass is 19.4. The molecule has 0 aliphatic carbocycles. The molecule has 0 saturated heterocycles. The molecular formula is C10H7F5O2. The summed E-state index contributed by atoms with van der Waals surface area (Å²) in [6, 6.07) is 2.04. The zero-order valence-corrected chi connectivity index (χ0v) is 8.48. The maximum absolute atomic E-state index is 13.1. The van der Waals surface area contributed by atoms with E-state index < -0.39 is 34.8 Å². The molecule has 0 amide bonds. The maximum atomic E-state index is 13.1. The average Bonchev–Trinajstić information content (AvgIpc) is 2.15. The van der Waals surface area contributed by atoms with Gasteiger partial charge in [-0.05, 0) is 18.6 Å². The molecule has 0 aliphatic heterocycles. The van der Waals surface area contributed by atoms with Crippen molar-refractivity contribution in [2.24, 2.45) is 0 Å². The third kappa shape index (κ3) is 2.37. The molecule has 1 aromatic rings. The third-order valence-electron chi connectivity index (χ3n) is 2.25. The average molecular weight is 254 g/mol. The normalized spacial score (nSPS) is 12.6. The summed E-state index contributed by atoms with van der Waals surface area (Å²) in [5.74, 6) is -6.83. The van der Waals surface area contributed by atoms with Crippen molar-refractivity contribution >= 4 is 5.97 Å². The Balaban J connectivity index is 3.44. The van der Waals surface area contributed by atoms with Crippen LogP contribution in [0.1, 0.15) is 16.7 Å². The molecule has 1 N–H and O–H groups in total. The molecule has 1 aromatic carbocycles. The van der Waals surface area contributed by atoms with Crippen LogP contribution in [-0.4, -0.2) is 11.1 Å². The number of carboxylic acid groups (broad SMARTS) is 1. The van der Waals surface area contributed by atoms with E-state index in [1.54, 1.807) is 0 Å². The lowest BCUT2D eigenvalue weighted by atomic mass is 9.97. The summed E-state index contributed by atoms with van der Waals surface area (Å²) in [7, 11) is 0. The molecule has 0 aliphatic rings. The predicted molar refractivity (Wildman–Crippen MR) is 47.7 cm³/mol. The van der Waals surface area contributed by atoms with Crippen LogP contribution in [0, 0.1) is 6.92 Å². The Labute approximate surface area is 92.7 Å². The zero-order valence-electron chi connectivity index (χ0n) is 8.48. The van der Waals surface area contributed by atoms with Crippen LogP contribution in [-0.2, 0) is 16.9 Å². The molecule has 0 radical (unpaired) electrons. The quantitative estimate of drug-likeness (QED) is 0.823. The number of hydrogen-bond acceptors (Lipinski definition) is 1. The molecule has 7 heteroatoms. The van der Waals surface area contributed by atoms with Crippen molar-refractivity contribution in [2.75, 3.05) is 0 Å². The van der Waals surface area contributed by atoms with Gasteiger partial charge in [0.05, 0.1) is 5.56 Å². The first-order chi connectivity index (χ1) is 7.58. The van der Waals surface area contributed by atoms with E-state index in [1.165, 1.54) is 0 Å². The standard InChI is InChI=1S/C10H7F5O2/c1-5-6(9(11,12)8(16)17)3-2-4-7(5)10(13,14)15/h2-4H,1H3,(H,16,17). The molecule has 0 atom stereocenters. The van der Waals surface area contributed by atoms with Crippen molar-refractivity contribution in [3.8, 4) is 0 Å². The highest BCUT2D eigenvalue weighted by Crippen LogP contribution is 2.38. The molecule has 0 fully saturated rings. The molecule has 0 aromatic heterocycles. The Hall–Kier alpha value is -1.66. The summed E-state index contributed by atoms with van der Waals surface area (Å²) >= 11 is 0. The first-order valence-corrected chi connectivity index (χ1v) is 4.37. The van der Waals surface area contributed by atoms with Gasteiger partial charge in [0.2, 0.25) is 0 Å². The number of halogens is 5. The van der Waals surface area contributed by atoms with E-state index in [9.17, 15) is 26.7 Å². The van der Waals surface area contributed by atoms with Crippen LogP contribution in [0.3, 0.4) is 0 Å². The van der Waals surface area contributed by atoms with Gasteiger partial charge in [-0.3, -0.25) is 0 Å². The van der Waals surface area contributed by atoms with Crippen molar-refractivity contribution in [3.63, 3.8) is 0 Å². The van der Waals surface area contributed by atoms with E-state index in [2.05, 4.69) is 0 Å². The lowest BCUT2D eigenvalue weighted by Gasteiger charge is -2.18. The van der Waals surface area contributed by atoms with Crippen LogP contribution in [0.2, 0.25) is 0 Å². The molecule has 0 unspecified atom stereocenters. The smallest absolute Gasteiger partial charge is 0.416 e. The van der Waals surface area contributed by atoms with Crippen molar-refractivity contribution in [2.45, 2.75) is 19.0 Å². The van der Waals surface area contributed by atoms with E-state index >= 15 is 0 Å². The van der Waals surface area contributed by atoms with E-state index in [1.807, 2.05) is 0 Å². The number of hydrogen-bond donors (Lipinski definition) is 1. The number of carbonyl (C=O) groups is 1. The lowest BCUT2D eigenvalue weighted by molar-refractivity contribution is -0.166. The fraction of sp³-hybridized carbons (Fsp3) is 0.300. The highest BCUT2D eigenvalue weighted by molar-refractivity contribution is 5.78. The topological polar surface area (TPSA) is 37.3 Å². The largest absolute Gasteiger partial charge is 0.477 e. The van der Waals surface area contributed by atoms with Gasteiger partial charge in [-0.1, -0.05) is 12.1 Å². The maximum Gasteiger partial charge on any atom is 0.416 e. The van der Waals surface area contributed by atoms with Crippen LogP contribution < -0.4 is 0 Å². The number of rotatable bonds is 2. The van der Waals surface area contributed by atoms with Crippen molar-refractivity contribution in [3.05, 3.63) is 34.9 Å². The van der Waals surface area contributed by atoms with Crippen molar-refractivity contribution < 1.29 is 31.9 Å². The Bertz CT molecular complexity index is 450. The summed E-state index contributed by atoms with van der Waals surface area (Å²) < 4.78 is 63.6. The van der Waals surface area contributed by atoms with Crippen LogP contribution in [0.5, 0.6) is 0 Å². The SMILES string of the molecule is Cc1c(C(F)(F)F)cccc1C(F)(F)C(=O)O. The molecule has 0 heterocycles. The van der Waals surface area contributed by atoms with Gasteiger partial charge in [0.15, 0.2) is 0 Å². The second kappa shape index (κ2) is 3.97. The zero-order chi connectivity index (χ0) is 13.4. The minimum absolute atomic E-state index is 0.622. The second-order valence-electron chi connectivity index (χ2n) is 3.36. The van der Waals surface area contributed by atoms with Crippen LogP contribution >= 0.6 is 0 Å². The van der Waals surface area contributed by atoms with Gasteiger partial charge >= 0.3 is 18.1 Å². The van der Waals surface area contributed by atoms with Gasteiger partial charge in [0, 0.05) is 5.56 Å². The Morgan fingerprint density at radius 2 is 1.59 bits per heavy atom. The molecule has 1 rings (SSSR count). The fourth-order valence-corrected chi connectivity index (χ4v) is 1.40. The minimum Gasteiger partial charge on any atom is -0.477 e. The molecule has 0 bridgehead atoms. The summed E-state index contributed by atoms with van der Waals surface area (Å²) in [5.41, 5.74) is -3.21. The fourth-order valence-electron chi connectivity index (χ4n) is 1.40. The predicted octanol–water partition coefficient (Wildman–Crippen LogP) is 3.19. The van der Waals surface area contributed by atoms with Gasteiger partial charge in [0.25, 0.3) is 0 Å². The number of benzene rings is 1. The lowest BCUT2D eigenvalue weighted by Crippen LogP contribution is -2.27. The molecular weight excluding hydrogens is 247 g/mol. The van der Waals surface area contributed by atoms with E-state index in [4.69, 9.17) is 5.11 Å². The van der Waals surface area contributed by atoms with Gasteiger partial charge < -0.3 is 5.11 Å². The Kier molecular flexibility index (Phi) is 3.13. The van der Waals surface area contributed by atoms with Crippen LogP contribution in [0.25, 0.3) is 0 Å². The van der Waals surface area contributed by atoms with Gasteiger partial charge in [-0.15, -0.1) is 0 Å². The van der Waals surface area contributed by atoms with E-state index in [0.29, 0.717) is 12.1 Å². The van der Waals surface area contributed by atoms with E-state index in [0.717, 1.165) is 13.0 Å². The minimum atomic E-state index is -4.80. The second-order valence-corrected chi connectivity index (χ2v) is 3.36. The first-order valence-electron chi connectivity index (χ1n) is 4.37. The van der Waals surface area contributed by atoms with Crippen LogP contribution in [0.15, 0.2) is 18.2 Å². The molecule has 0 saturated carbocycles. The molecule has 2 nitrogen and oxygen atoms in total. The monoisotopic (exact) mass is 254 g/mol. The van der Waals surface area contributed by atoms with E-state index in [-0.39, 0.29) is 0 Å². The van der Waals surface area contributed by atoms with Gasteiger partial charge in [-0.2, -0.15) is 22.0 Å². The first kappa shape index (κ1) is 13.4.